The molecule has 0 aliphatic rings. The van der Waals surface area contributed by atoms with E-state index in [0.29, 0.717) is 0 Å². The lowest BCUT2D eigenvalue weighted by Gasteiger charge is -2.12. The van der Waals surface area contributed by atoms with E-state index in [-0.39, 0.29) is 0 Å². The molecule has 0 aliphatic carbocycles. The van der Waals surface area contributed by atoms with Crippen LogP contribution in [0.1, 0.15) is 46.2 Å². The minimum Gasteiger partial charge on any atom is -0.211 e. The molecule has 0 aromatic heterocycles. The van der Waals surface area contributed by atoms with Gasteiger partial charge in [0.2, 0.25) is 6.08 Å². The lowest BCUT2D eigenvalue weighted by Crippen LogP contribution is -1.96. The smallest absolute Gasteiger partial charge is 0.211 e. The number of aryl methyl sites for hydroxylation is 3. The summed E-state index contributed by atoms with van der Waals surface area (Å²) in [5.74, 6) is 0. The average Bonchev–Trinajstić information content (AvgIpc) is 2.53. The Balaban J connectivity index is 2.03. The number of aliphatic imine (C=N–C) groups is 1. The van der Waals surface area contributed by atoms with Crippen molar-refractivity contribution < 1.29 is 4.79 Å². The molecule has 0 saturated heterocycles. The van der Waals surface area contributed by atoms with E-state index in [1.165, 1.54) is 33.4 Å². The molecule has 0 heterocycles. The highest BCUT2D eigenvalue weighted by Gasteiger charge is 2.08. The summed E-state index contributed by atoms with van der Waals surface area (Å²) >= 11 is 0. The van der Waals surface area contributed by atoms with Crippen molar-refractivity contribution in [1.82, 2.24) is 0 Å². The summed E-state index contributed by atoms with van der Waals surface area (Å²) < 4.78 is 0. The number of nitrogens with zero attached hydrogens (tertiary/aromatic N) is 1. The van der Waals surface area contributed by atoms with Gasteiger partial charge in [-0.15, -0.1) is 0 Å². The van der Waals surface area contributed by atoms with Crippen LogP contribution in [0.5, 0.6) is 0 Å². The number of unbranched alkanes of at least 4 members (excludes halogenated alkanes) is 1. The largest absolute Gasteiger partial charge is 0.240 e. The van der Waals surface area contributed by atoms with Gasteiger partial charge in [0, 0.05) is 0 Å². The predicted octanol–water partition coefficient (Wildman–Crippen LogP) is 5.45. The average molecular weight is 307 g/mol. The van der Waals surface area contributed by atoms with Crippen molar-refractivity contribution in [2.24, 2.45) is 4.99 Å². The molecule has 2 aromatic carbocycles. The van der Waals surface area contributed by atoms with E-state index in [4.69, 9.17) is 0 Å². The zero-order valence-electron chi connectivity index (χ0n) is 14.6. The zero-order valence-corrected chi connectivity index (χ0v) is 14.6. The van der Waals surface area contributed by atoms with Gasteiger partial charge in [-0.05, 0) is 92.8 Å². The van der Waals surface area contributed by atoms with Gasteiger partial charge >= 0.3 is 0 Å². The van der Waals surface area contributed by atoms with Crippen LogP contribution in [-0.4, -0.2) is 6.08 Å². The van der Waals surface area contributed by atoms with Gasteiger partial charge < -0.3 is 0 Å². The normalized spacial score (nSPS) is 10.4. The second kappa shape index (κ2) is 7.89. The van der Waals surface area contributed by atoms with Gasteiger partial charge in [0.25, 0.3) is 0 Å². The molecule has 0 radical (unpaired) electrons. The summed E-state index contributed by atoms with van der Waals surface area (Å²) in [6.45, 7) is 8.58. The molecule has 2 rings (SSSR count). The molecule has 0 saturated carbocycles. The van der Waals surface area contributed by atoms with Crippen molar-refractivity contribution in [3.63, 3.8) is 0 Å². The molecule has 0 bridgehead atoms. The van der Waals surface area contributed by atoms with Crippen LogP contribution in [0.25, 0.3) is 0 Å². The molecule has 0 spiro atoms. The Bertz CT molecular complexity index is 740. The molecular formula is C21H25NO. The Hall–Kier alpha value is -2.18. The number of carbonyl (C=O) groups excluding carboxylic acids is 1. The summed E-state index contributed by atoms with van der Waals surface area (Å²) in [5, 5.41) is 0. The maximum atomic E-state index is 10.6. The maximum absolute atomic E-state index is 10.6. The Morgan fingerprint density at radius 1 is 0.870 bits per heavy atom. The summed E-state index contributed by atoms with van der Waals surface area (Å²) in [6.07, 6.45) is 5.97. The van der Waals surface area contributed by atoms with Gasteiger partial charge in [-0.25, -0.2) is 4.79 Å². The van der Waals surface area contributed by atoms with E-state index in [1.54, 1.807) is 6.08 Å². The van der Waals surface area contributed by atoms with Crippen LogP contribution in [0.2, 0.25) is 0 Å². The molecule has 2 aromatic rings. The molecule has 0 N–H and O–H groups in total. The van der Waals surface area contributed by atoms with E-state index in [2.05, 4.69) is 50.9 Å². The van der Waals surface area contributed by atoms with Gasteiger partial charge in [0.1, 0.15) is 0 Å². The molecule has 0 aliphatic heterocycles. The lowest BCUT2D eigenvalue weighted by atomic mass is 9.94. The molecule has 0 amide bonds. The number of rotatable bonds is 6. The summed E-state index contributed by atoms with van der Waals surface area (Å²) in [6, 6.07) is 10.5. The maximum Gasteiger partial charge on any atom is 0.240 e. The first-order chi connectivity index (χ1) is 11.0. The van der Waals surface area contributed by atoms with Crippen LogP contribution in [0.4, 0.5) is 5.69 Å². The van der Waals surface area contributed by atoms with E-state index in [1.807, 2.05) is 12.1 Å². The first kappa shape index (κ1) is 17.2. The van der Waals surface area contributed by atoms with Crippen molar-refractivity contribution in [1.29, 1.82) is 0 Å². The summed E-state index contributed by atoms with van der Waals surface area (Å²) in [4.78, 5) is 14.5. The molecule has 23 heavy (non-hydrogen) atoms. The Morgan fingerprint density at radius 2 is 1.57 bits per heavy atom. The monoisotopic (exact) mass is 307 g/mol. The quantitative estimate of drug-likeness (QED) is 0.396. The molecule has 2 nitrogen and oxygen atoms in total. The van der Waals surface area contributed by atoms with Crippen molar-refractivity contribution in [3.8, 4) is 0 Å². The molecule has 0 fully saturated rings. The number of hydrogen-bond donors (Lipinski definition) is 0. The van der Waals surface area contributed by atoms with E-state index >= 15 is 0 Å². The summed E-state index contributed by atoms with van der Waals surface area (Å²) in [5.41, 5.74) is 8.67. The van der Waals surface area contributed by atoms with Crippen LogP contribution >= 0.6 is 0 Å². The number of isocyanates is 1. The molecule has 0 atom stereocenters. The minimum absolute atomic E-state index is 0.773. The van der Waals surface area contributed by atoms with E-state index in [0.717, 1.165) is 31.4 Å². The van der Waals surface area contributed by atoms with Crippen LogP contribution < -0.4 is 0 Å². The second-order valence-electron chi connectivity index (χ2n) is 6.27. The second-order valence-corrected chi connectivity index (χ2v) is 6.27. The standard InChI is InChI=1S/C21H25NO/c1-15-8-7-10-19(17(15)3)9-5-6-11-20-18(4)16(2)12-13-21(20)22-14-23/h7-8,10,12-13H,5-6,9,11H2,1-4H3. The number of benzene rings is 2. The highest BCUT2D eigenvalue weighted by molar-refractivity contribution is 5.57. The van der Waals surface area contributed by atoms with Crippen molar-refractivity contribution in [3.05, 3.63) is 63.7 Å². The fraction of sp³-hybridized carbons (Fsp3) is 0.381. The van der Waals surface area contributed by atoms with Crippen molar-refractivity contribution in [2.45, 2.75) is 53.4 Å². The van der Waals surface area contributed by atoms with Crippen LogP contribution in [-0.2, 0) is 17.6 Å². The zero-order chi connectivity index (χ0) is 16.8. The van der Waals surface area contributed by atoms with Crippen molar-refractivity contribution >= 4 is 11.8 Å². The summed E-state index contributed by atoms with van der Waals surface area (Å²) in [7, 11) is 0. The van der Waals surface area contributed by atoms with Gasteiger partial charge in [-0.3, -0.25) is 0 Å². The topological polar surface area (TPSA) is 29.4 Å². The van der Waals surface area contributed by atoms with Gasteiger partial charge in [-0.2, -0.15) is 4.99 Å². The third-order valence-corrected chi connectivity index (χ3v) is 4.85. The van der Waals surface area contributed by atoms with E-state index in [9.17, 15) is 4.79 Å². The van der Waals surface area contributed by atoms with Gasteiger partial charge in [0.05, 0.1) is 5.69 Å². The molecular weight excluding hydrogens is 282 g/mol. The highest BCUT2D eigenvalue weighted by Crippen LogP contribution is 2.27. The third-order valence-electron chi connectivity index (χ3n) is 4.85. The fourth-order valence-electron chi connectivity index (χ4n) is 3.03. The van der Waals surface area contributed by atoms with Crippen LogP contribution in [0.3, 0.4) is 0 Å². The molecule has 2 heteroatoms. The van der Waals surface area contributed by atoms with E-state index < -0.39 is 0 Å². The molecule has 120 valence electrons. The predicted molar refractivity (Wildman–Crippen MR) is 96.3 cm³/mol. The Morgan fingerprint density at radius 3 is 2.30 bits per heavy atom. The first-order valence-corrected chi connectivity index (χ1v) is 8.26. The minimum atomic E-state index is 0.773. The van der Waals surface area contributed by atoms with Crippen LogP contribution in [0, 0.1) is 27.7 Å². The Kier molecular flexibility index (Phi) is 5.90. The van der Waals surface area contributed by atoms with Crippen LogP contribution in [0.15, 0.2) is 35.3 Å². The first-order valence-electron chi connectivity index (χ1n) is 8.26. The SMILES string of the molecule is Cc1cccc(CCCCc2c(N=C=O)ccc(C)c2C)c1C. The third kappa shape index (κ3) is 4.18. The lowest BCUT2D eigenvalue weighted by molar-refractivity contribution is 0.565. The molecule has 0 unspecified atom stereocenters. The fourth-order valence-corrected chi connectivity index (χ4v) is 3.03. The van der Waals surface area contributed by atoms with Gasteiger partial charge in [-0.1, -0.05) is 24.3 Å². The van der Waals surface area contributed by atoms with Crippen molar-refractivity contribution in [2.75, 3.05) is 0 Å². The Labute approximate surface area is 139 Å². The highest BCUT2D eigenvalue weighted by atomic mass is 16.1. The number of hydrogen-bond acceptors (Lipinski definition) is 2. The van der Waals surface area contributed by atoms with Gasteiger partial charge in [0.15, 0.2) is 0 Å².